The number of rotatable bonds is 4. The lowest BCUT2D eigenvalue weighted by Gasteiger charge is -2.33. The van der Waals surface area contributed by atoms with Gasteiger partial charge in [0.25, 0.3) is 0 Å². The number of hydrogen-bond acceptors (Lipinski definition) is 2. The molecule has 3 heteroatoms. The molecule has 2 rings (SSSR count). The van der Waals surface area contributed by atoms with Crippen LogP contribution < -0.4 is 5.32 Å². The van der Waals surface area contributed by atoms with E-state index in [1.165, 1.54) is 12.8 Å². The topological polar surface area (TPSA) is 32.3 Å². The second-order valence-electron chi connectivity index (χ2n) is 5.31. The van der Waals surface area contributed by atoms with Gasteiger partial charge in [-0.15, -0.1) is 0 Å². The molecule has 1 saturated heterocycles. The first-order valence-corrected chi connectivity index (χ1v) is 7.21. The number of aliphatic hydroxyl groups is 1. The molecular weight excluding hydrogens is 246 g/mol. The molecular formula is C15H22ClNO. The molecule has 0 saturated carbocycles. The maximum Gasteiger partial charge on any atom is 0.0897 e. The van der Waals surface area contributed by atoms with Crippen LogP contribution in [0, 0.1) is 5.92 Å². The van der Waals surface area contributed by atoms with Gasteiger partial charge in [-0.3, -0.25) is 0 Å². The molecule has 2 N–H and O–H groups in total. The van der Waals surface area contributed by atoms with Gasteiger partial charge in [-0.1, -0.05) is 30.7 Å². The van der Waals surface area contributed by atoms with E-state index in [1.807, 2.05) is 31.2 Å². The first-order chi connectivity index (χ1) is 8.64. The van der Waals surface area contributed by atoms with E-state index < -0.39 is 5.60 Å². The van der Waals surface area contributed by atoms with Crippen LogP contribution in [0.2, 0.25) is 5.02 Å². The standard InChI is InChI=1S/C15H22ClNO/c1-2-15(18,10-12-4-3-9-17-11-12)13-5-7-14(16)8-6-13/h5-8,12,17-18H,2-4,9-11H2,1H3/t12-,15-/m1/s1. The fourth-order valence-corrected chi connectivity index (χ4v) is 2.93. The molecule has 0 aromatic heterocycles. The first-order valence-electron chi connectivity index (χ1n) is 6.83. The number of piperidine rings is 1. The van der Waals surface area contributed by atoms with Crippen LogP contribution in [0.4, 0.5) is 0 Å². The molecule has 1 heterocycles. The molecule has 1 aromatic rings. The highest BCUT2D eigenvalue weighted by Crippen LogP contribution is 2.34. The summed E-state index contributed by atoms with van der Waals surface area (Å²) in [6.07, 6.45) is 4.00. The summed E-state index contributed by atoms with van der Waals surface area (Å²) >= 11 is 5.91. The van der Waals surface area contributed by atoms with Crippen molar-refractivity contribution in [1.82, 2.24) is 5.32 Å². The van der Waals surface area contributed by atoms with Crippen molar-refractivity contribution >= 4 is 11.6 Å². The minimum Gasteiger partial charge on any atom is -0.385 e. The molecule has 2 nitrogen and oxygen atoms in total. The summed E-state index contributed by atoms with van der Waals surface area (Å²) in [6.45, 7) is 4.18. The van der Waals surface area contributed by atoms with Gasteiger partial charge in [-0.25, -0.2) is 0 Å². The van der Waals surface area contributed by atoms with E-state index in [9.17, 15) is 5.11 Å². The second kappa shape index (κ2) is 6.05. The van der Waals surface area contributed by atoms with Gasteiger partial charge in [0.1, 0.15) is 0 Å². The summed E-state index contributed by atoms with van der Waals surface area (Å²) in [5, 5.41) is 15.0. The average molecular weight is 268 g/mol. The molecule has 100 valence electrons. The van der Waals surface area contributed by atoms with Crippen molar-refractivity contribution in [2.45, 2.75) is 38.2 Å². The Kier molecular flexibility index (Phi) is 4.66. The van der Waals surface area contributed by atoms with Crippen LogP contribution in [0.25, 0.3) is 0 Å². The SMILES string of the molecule is CC[C@@](O)(C[C@H]1CCCNC1)c1ccc(Cl)cc1. The van der Waals surface area contributed by atoms with E-state index in [4.69, 9.17) is 11.6 Å². The van der Waals surface area contributed by atoms with Crippen LogP contribution in [0.5, 0.6) is 0 Å². The Morgan fingerprint density at radius 1 is 1.39 bits per heavy atom. The molecule has 18 heavy (non-hydrogen) atoms. The van der Waals surface area contributed by atoms with Crippen molar-refractivity contribution in [3.63, 3.8) is 0 Å². The summed E-state index contributed by atoms with van der Waals surface area (Å²) in [4.78, 5) is 0. The van der Waals surface area contributed by atoms with Gasteiger partial charge in [0.05, 0.1) is 5.60 Å². The quantitative estimate of drug-likeness (QED) is 0.877. The van der Waals surface area contributed by atoms with E-state index >= 15 is 0 Å². The van der Waals surface area contributed by atoms with Gasteiger partial charge in [-0.05, 0) is 62.4 Å². The van der Waals surface area contributed by atoms with Gasteiger partial charge < -0.3 is 10.4 Å². The predicted molar refractivity (Wildman–Crippen MR) is 75.9 cm³/mol. The van der Waals surface area contributed by atoms with Crippen LogP contribution in [-0.4, -0.2) is 18.2 Å². The van der Waals surface area contributed by atoms with Crippen LogP contribution in [-0.2, 0) is 5.60 Å². The second-order valence-corrected chi connectivity index (χ2v) is 5.74. The van der Waals surface area contributed by atoms with E-state index in [-0.39, 0.29) is 0 Å². The minimum absolute atomic E-state index is 0.569. The van der Waals surface area contributed by atoms with Crippen LogP contribution in [0.1, 0.15) is 38.2 Å². The molecule has 1 aliphatic rings. The highest BCUT2D eigenvalue weighted by molar-refractivity contribution is 6.30. The Morgan fingerprint density at radius 2 is 2.11 bits per heavy atom. The van der Waals surface area contributed by atoms with Crippen molar-refractivity contribution in [3.8, 4) is 0 Å². The Hall–Kier alpha value is -0.570. The average Bonchev–Trinajstić information content (AvgIpc) is 2.40. The van der Waals surface area contributed by atoms with Crippen molar-refractivity contribution in [1.29, 1.82) is 0 Å². The molecule has 0 radical (unpaired) electrons. The smallest absolute Gasteiger partial charge is 0.0897 e. The molecule has 0 bridgehead atoms. The van der Waals surface area contributed by atoms with E-state index in [0.717, 1.165) is 36.5 Å². The monoisotopic (exact) mass is 267 g/mol. The maximum atomic E-state index is 10.9. The van der Waals surface area contributed by atoms with Gasteiger partial charge in [0, 0.05) is 5.02 Å². The molecule has 0 unspecified atom stereocenters. The first kappa shape index (κ1) is 13.9. The number of nitrogens with one attached hydrogen (secondary N) is 1. The Bertz CT molecular complexity index is 373. The maximum absolute atomic E-state index is 10.9. The lowest BCUT2D eigenvalue weighted by molar-refractivity contribution is 0.00361. The Morgan fingerprint density at radius 3 is 2.67 bits per heavy atom. The largest absolute Gasteiger partial charge is 0.385 e. The lowest BCUT2D eigenvalue weighted by Crippen LogP contribution is -2.36. The lowest BCUT2D eigenvalue weighted by atomic mass is 9.80. The molecule has 0 aliphatic carbocycles. The van der Waals surface area contributed by atoms with Crippen LogP contribution in [0.3, 0.4) is 0 Å². The Balaban J connectivity index is 2.10. The third-order valence-electron chi connectivity index (χ3n) is 3.99. The zero-order chi connectivity index (χ0) is 13.0. The molecule has 1 fully saturated rings. The van der Waals surface area contributed by atoms with Crippen molar-refractivity contribution in [3.05, 3.63) is 34.9 Å². The zero-order valence-corrected chi connectivity index (χ0v) is 11.7. The summed E-state index contributed by atoms with van der Waals surface area (Å²) < 4.78 is 0. The summed E-state index contributed by atoms with van der Waals surface area (Å²) in [6, 6.07) is 7.61. The van der Waals surface area contributed by atoms with Crippen molar-refractivity contribution < 1.29 is 5.11 Å². The molecule has 2 atom stereocenters. The van der Waals surface area contributed by atoms with Gasteiger partial charge in [0.15, 0.2) is 0 Å². The fraction of sp³-hybridized carbons (Fsp3) is 0.600. The highest BCUT2D eigenvalue weighted by atomic mass is 35.5. The zero-order valence-electron chi connectivity index (χ0n) is 11.0. The van der Waals surface area contributed by atoms with E-state index in [0.29, 0.717) is 5.92 Å². The normalized spacial score (nSPS) is 23.6. The number of hydrogen-bond donors (Lipinski definition) is 2. The summed E-state index contributed by atoms with van der Waals surface area (Å²) in [5.74, 6) is 0.569. The predicted octanol–water partition coefficient (Wildman–Crippen LogP) is 3.33. The van der Waals surface area contributed by atoms with E-state index in [1.54, 1.807) is 0 Å². The van der Waals surface area contributed by atoms with E-state index in [2.05, 4.69) is 5.32 Å². The summed E-state index contributed by atoms with van der Waals surface area (Å²) in [7, 11) is 0. The van der Waals surface area contributed by atoms with Crippen LogP contribution in [0.15, 0.2) is 24.3 Å². The minimum atomic E-state index is -0.714. The summed E-state index contributed by atoms with van der Waals surface area (Å²) in [5.41, 5.74) is 0.272. The number of benzene rings is 1. The fourth-order valence-electron chi connectivity index (χ4n) is 2.80. The van der Waals surface area contributed by atoms with Crippen LogP contribution >= 0.6 is 11.6 Å². The van der Waals surface area contributed by atoms with Gasteiger partial charge in [-0.2, -0.15) is 0 Å². The highest BCUT2D eigenvalue weighted by Gasteiger charge is 2.31. The molecule has 0 amide bonds. The van der Waals surface area contributed by atoms with Crippen molar-refractivity contribution in [2.24, 2.45) is 5.92 Å². The molecule has 0 spiro atoms. The molecule has 1 aromatic carbocycles. The van der Waals surface area contributed by atoms with Crippen molar-refractivity contribution in [2.75, 3.05) is 13.1 Å². The third kappa shape index (κ3) is 3.25. The number of halogens is 1. The third-order valence-corrected chi connectivity index (χ3v) is 4.24. The molecule has 1 aliphatic heterocycles. The van der Waals surface area contributed by atoms with Gasteiger partial charge in [0.2, 0.25) is 0 Å². The van der Waals surface area contributed by atoms with Gasteiger partial charge >= 0.3 is 0 Å². The Labute approximate surface area is 114 Å².